The number of benzene rings is 1. The van der Waals surface area contributed by atoms with Gasteiger partial charge in [0.1, 0.15) is 0 Å². The van der Waals surface area contributed by atoms with Gasteiger partial charge in [0, 0.05) is 11.3 Å². The van der Waals surface area contributed by atoms with Crippen molar-refractivity contribution >= 4 is 11.6 Å². The molecule has 0 aromatic heterocycles. The van der Waals surface area contributed by atoms with Gasteiger partial charge in [-0.05, 0) is 49.7 Å². The van der Waals surface area contributed by atoms with Gasteiger partial charge in [-0.2, -0.15) is 5.10 Å². The Hall–Kier alpha value is -2.24. The molecule has 2 atom stereocenters. The number of nitrogens with zero attached hydrogens (tertiary/aromatic N) is 1. The molecule has 1 N–H and O–H groups in total. The van der Waals surface area contributed by atoms with E-state index in [1.165, 1.54) is 40.6 Å². The van der Waals surface area contributed by atoms with Gasteiger partial charge in [0.15, 0.2) is 11.5 Å². The summed E-state index contributed by atoms with van der Waals surface area (Å²) in [5.41, 5.74) is 4.21. The molecule has 124 valence electrons. The zero-order valence-corrected chi connectivity index (χ0v) is 13.7. The Morgan fingerprint density at radius 1 is 1.13 bits per heavy atom. The number of hydrogen-bond acceptors (Lipinski definition) is 5. The lowest BCUT2D eigenvalue weighted by Gasteiger charge is -2.14. The van der Waals surface area contributed by atoms with Crippen LogP contribution in [0.1, 0.15) is 36.0 Å². The zero-order valence-electron chi connectivity index (χ0n) is 13.7. The van der Waals surface area contributed by atoms with Crippen LogP contribution in [0, 0.1) is 11.8 Å². The second kappa shape index (κ2) is 6.48. The molecule has 2 saturated carbocycles. The van der Waals surface area contributed by atoms with Crippen LogP contribution >= 0.6 is 0 Å². The van der Waals surface area contributed by atoms with Gasteiger partial charge < -0.3 is 14.2 Å². The third-order valence-corrected chi connectivity index (χ3v) is 4.74. The molecule has 6 nitrogen and oxygen atoms in total. The number of carbonyl (C=O) groups is 1. The average molecular weight is 318 g/mol. The molecule has 0 spiro atoms. The summed E-state index contributed by atoms with van der Waals surface area (Å²) in [6, 6.07) is 3.25. The molecule has 1 aromatic rings. The summed E-state index contributed by atoms with van der Waals surface area (Å²) in [5.74, 6) is 2.40. The minimum atomic E-state index is -0.278. The van der Waals surface area contributed by atoms with E-state index in [2.05, 4.69) is 10.5 Å². The van der Waals surface area contributed by atoms with E-state index in [9.17, 15) is 4.79 Å². The molecule has 0 unspecified atom stereocenters. The highest BCUT2D eigenvalue weighted by Crippen LogP contribution is 2.42. The summed E-state index contributed by atoms with van der Waals surface area (Å²) in [5, 5.41) is 4.34. The quantitative estimate of drug-likeness (QED) is 0.847. The Labute approximate surface area is 135 Å². The van der Waals surface area contributed by atoms with E-state index in [4.69, 9.17) is 14.2 Å². The van der Waals surface area contributed by atoms with Gasteiger partial charge >= 0.3 is 0 Å². The van der Waals surface area contributed by atoms with E-state index >= 15 is 0 Å². The second-order valence-corrected chi connectivity index (χ2v) is 6.04. The highest BCUT2D eigenvalue weighted by Gasteiger charge is 2.36. The van der Waals surface area contributed by atoms with Crippen molar-refractivity contribution in [3.05, 3.63) is 17.7 Å². The van der Waals surface area contributed by atoms with E-state index in [1.807, 2.05) is 0 Å². The van der Waals surface area contributed by atoms with Crippen molar-refractivity contribution in [3.8, 4) is 17.2 Å². The number of nitrogens with one attached hydrogen (secondary N) is 1. The molecule has 2 fully saturated rings. The molecule has 2 bridgehead atoms. The number of fused-ring (bicyclic) bond motifs is 2. The number of rotatable bonds is 5. The Morgan fingerprint density at radius 2 is 1.83 bits per heavy atom. The van der Waals surface area contributed by atoms with Crippen LogP contribution in [-0.2, 0) is 0 Å². The molecule has 2 aliphatic rings. The molecule has 23 heavy (non-hydrogen) atoms. The summed E-state index contributed by atoms with van der Waals surface area (Å²) < 4.78 is 15.8. The maximum atomic E-state index is 12.4. The van der Waals surface area contributed by atoms with Gasteiger partial charge in [-0.15, -0.1) is 0 Å². The van der Waals surface area contributed by atoms with Crippen molar-refractivity contribution < 1.29 is 19.0 Å². The van der Waals surface area contributed by atoms with E-state index in [1.54, 1.807) is 12.1 Å². The van der Waals surface area contributed by atoms with Crippen molar-refractivity contribution in [1.29, 1.82) is 0 Å². The standard InChI is InChI=1S/C17H22N2O4/c1-21-14-8-12(9-15(22-2)16(14)23-3)17(20)19-18-13-7-10-4-5-11(13)6-10/h8-11H,4-7H2,1-3H3,(H,19,20)/b18-13+/t10-,11-/m0/s1. The fourth-order valence-electron chi connectivity index (χ4n) is 3.56. The number of hydrazone groups is 1. The van der Waals surface area contributed by atoms with E-state index in [0.29, 0.717) is 28.7 Å². The van der Waals surface area contributed by atoms with Crippen molar-refractivity contribution in [2.45, 2.75) is 25.7 Å². The molecule has 3 rings (SSSR count). The van der Waals surface area contributed by atoms with Crippen LogP contribution in [0.25, 0.3) is 0 Å². The average Bonchev–Trinajstić information content (AvgIpc) is 3.21. The van der Waals surface area contributed by atoms with Crippen molar-refractivity contribution in [1.82, 2.24) is 5.43 Å². The summed E-state index contributed by atoms with van der Waals surface area (Å²) in [7, 11) is 4.57. The van der Waals surface area contributed by atoms with Crippen molar-refractivity contribution in [2.24, 2.45) is 16.9 Å². The number of hydrogen-bond donors (Lipinski definition) is 1. The molecule has 1 aromatic carbocycles. The van der Waals surface area contributed by atoms with Crippen LogP contribution in [0.2, 0.25) is 0 Å². The first kappa shape index (κ1) is 15.6. The van der Waals surface area contributed by atoms with Gasteiger partial charge in [0.25, 0.3) is 5.91 Å². The van der Waals surface area contributed by atoms with Gasteiger partial charge in [-0.1, -0.05) is 0 Å². The lowest BCUT2D eigenvalue weighted by molar-refractivity contribution is 0.0953. The van der Waals surface area contributed by atoms with Gasteiger partial charge in [0.05, 0.1) is 21.3 Å². The van der Waals surface area contributed by atoms with Gasteiger partial charge in [-0.3, -0.25) is 4.79 Å². The molecule has 0 heterocycles. The van der Waals surface area contributed by atoms with Crippen LogP contribution < -0.4 is 19.6 Å². The highest BCUT2D eigenvalue weighted by atomic mass is 16.5. The number of ether oxygens (including phenoxy) is 3. The van der Waals surface area contributed by atoms with E-state index in [-0.39, 0.29) is 5.91 Å². The summed E-state index contributed by atoms with van der Waals surface area (Å²) in [4.78, 5) is 12.4. The Balaban J connectivity index is 1.78. The summed E-state index contributed by atoms with van der Waals surface area (Å²) in [6.45, 7) is 0. The number of carbonyl (C=O) groups excluding carboxylic acids is 1. The molecule has 2 aliphatic carbocycles. The fraction of sp³-hybridized carbons (Fsp3) is 0.529. The minimum Gasteiger partial charge on any atom is -0.493 e. The first-order valence-corrected chi connectivity index (χ1v) is 7.83. The maximum Gasteiger partial charge on any atom is 0.271 e. The first-order chi connectivity index (χ1) is 11.2. The predicted molar refractivity (Wildman–Crippen MR) is 86.4 cm³/mol. The van der Waals surface area contributed by atoms with Crippen molar-refractivity contribution in [3.63, 3.8) is 0 Å². The van der Waals surface area contributed by atoms with Crippen LogP contribution in [0.3, 0.4) is 0 Å². The van der Waals surface area contributed by atoms with Gasteiger partial charge in [-0.25, -0.2) is 5.43 Å². The lowest BCUT2D eigenvalue weighted by atomic mass is 9.99. The number of amides is 1. The third-order valence-electron chi connectivity index (χ3n) is 4.74. The summed E-state index contributed by atoms with van der Waals surface area (Å²) in [6.07, 6.45) is 4.73. The smallest absolute Gasteiger partial charge is 0.271 e. The molecule has 6 heteroatoms. The number of methoxy groups -OCH3 is 3. The molecule has 0 saturated heterocycles. The Bertz CT molecular complexity index is 616. The molecule has 1 amide bonds. The third kappa shape index (κ3) is 2.98. The predicted octanol–water partition coefficient (Wildman–Crippen LogP) is 2.62. The van der Waals surface area contributed by atoms with Crippen LogP contribution in [-0.4, -0.2) is 32.9 Å². The van der Waals surface area contributed by atoms with Crippen LogP contribution in [0.4, 0.5) is 0 Å². The highest BCUT2D eigenvalue weighted by molar-refractivity contribution is 5.97. The lowest BCUT2D eigenvalue weighted by Crippen LogP contribution is -2.22. The first-order valence-electron chi connectivity index (χ1n) is 7.83. The monoisotopic (exact) mass is 318 g/mol. The SMILES string of the molecule is COc1cc(C(=O)N/N=C2\C[C@H]3CC[C@H]2C3)cc(OC)c1OC. The largest absolute Gasteiger partial charge is 0.493 e. The van der Waals surface area contributed by atoms with E-state index < -0.39 is 0 Å². The topological polar surface area (TPSA) is 69.2 Å². The fourth-order valence-corrected chi connectivity index (χ4v) is 3.56. The van der Waals surface area contributed by atoms with Crippen LogP contribution in [0.15, 0.2) is 17.2 Å². The zero-order chi connectivity index (χ0) is 16.4. The molecular formula is C17H22N2O4. The molecule has 0 radical (unpaired) electrons. The molecular weight excluding hydrogens is 296 g/mol. The van der Waals surface area contributed by atoms with E-state index in [0.717, 1.165) is 18.1 Å². The Kier molecular flexibility index (Phi) is 4.41. The van der Waals surface area contributed by atoms with Crippen molar-refractivity contribution in [2.75, 3.05) is 21.3 Å². The van der Waals surface area contributed by atoms with Crippen LogP contribution in [0.5, 0.6) is 17.2 Å². The maximum absolute atomic E-state index is 12.4. The molecule has 0 aliphatic heterocycles. The summed E-state index contributed by atoms with van der Waals surface area (Å²) >= 11 is 0. The minimum absolute atomic E-state index is 0.278. The second-order valence-electron chi connectivity index (χ2n) is 6.04. The normalized spacial score (nSPS) is 23.9. The Morgan fingerprint density at radius 3 is 2.30 bits per heavy atom. The van der Waals surface area contributed by atoms with Gasteiger partial charge in [0.2, 0.25) is 5.75 Å².